The van der Waals surface area contributed by atoms with Crippen LogP contribution in [0.15, 0.2) is 12.2 Å². The average molecular weight is 194 g/mol. The molecular formula is C14H26. The van der Waals surface area contributed by atoms with E-state index in [2.05, 4.69) is 27.4 Å². The molecule has 82 valence electrons. The van der Waals surface area contributed by atoms with E-state index in [1.54, 1.807) is 0 Å². The molecule has 0 spiro atoms. The van der Waals surface area contributed by atoms with Crippen molar-refractivity contribution >= 4 is 0 Å². The summed E-state index contributed by atoms with van der Waals surface area (Å²) in [7, 11) is 0. The van der Waals surface area contributed by atoms with Crippen molar-refractivity contribution in [2.24, 2.45) is 17.8 Å². The second kappa shape index (κ2) is 5.58. The summed E-state index contributed by atoms with van der Waals surface area (Å²) >= 11 is 0. The Bertz CT molecular complexity index is 180. The van der Waals surface area contributed by atoms with Crippen LogP contribution in [0.25, 0.3) is 0 Å². The highest BCUT2D eigenvalue weighted by molar-refractivity contribution is 4.99. The van der Waals surface area contributed by atoms with Crippen molar-refractivity contribution in [3.05, 3.63) is 12.2 Å². The fraction of sp³-hybridized carbons (Fsp3) is 0.857. The van der Waals surface area contributed by atoms with Gasteiger partial charge in [-0.3, -0.25) is 0 Å². The Labute approximate surface area is 89.8 Å². The maximum Gasteiger partial charge on any atom is -0.0206 e. The van der Waals surface area contributed by atoms with Crippen LogP contribution in [0.3, 0.4) is 0 Å². The SMILES string of the molecule is C=C(C)C1CCC(CCC(C)CC)C1. The normalized spacial score (nSPS) is 29.1. The van der Waals surface area contributed by atoms with Crippen LogP contribution in [-0.4, -0.2) is 0 Å². The Morgan fingerprint density at radius 3 is 2.64 bits per heavy atom. The Morgan fingerprint density at radius 1 is 1.43 bits per heavy atom. The molecule has 3 unspecified atom stereocenters. The van der Waals surface area contributed by atoms with Gasteiger partial charge in [0.1, 0.15) is 0 Å². The molecule has 1 aliphatic carbocycles. The van der Waals surface area contributed by atoms with E-state index in [-0.39, 0.29) is 0 Å². The quantitative estimate of drug-likeness (QED) is 0.551. The van der Waals surface area contributed by atoms with E-state index in [4.69, 9.17) is 0 Å². The minimum atomic E-state index is 0.844. The summed E-state index contributed by atoms with van der Waals surface area (Å²) in [5, 5.41) is 0. The summed E-state index contributed by atoms with van der Waals surface area (Å²) in [4.78, 5) is 0. The predicted molar refractivity (Wildman–Crippen MR) is 64.3 cm³/mol. The Kier molecular flexibility index (Phi) is 4.71. The first-order valence-electron chi connectivity index (χ1n) is 6.28. The highest BCUT2D eigenvalue weighted by atomic mass is 14.3. The van der Waals surface area contributed by atoms with Gasteiger partial charge in [0.05, 0.1) is 0 Å². The topological polar surface area (TPSA) is 0 Å². The van der Waals surface area contributed by atoms with Crippen LogP contribution in [-0.2, 0) is 0 Å². The highest BCUT2D eigenvalue weighted by Gasteiger charge is 2.24. The fourth-order valence-corrected chi connectivity index (χ4v) is 2.51. The molecule has 0 aliphatic heterocycles. The van der Waals surface area contributed by atoms with Gasteiger partial charge < -0.3 is 0 Å². The molecule has 0 heteroatoms. The van der Waals surface area contributed by atoms with Gasteiger partial charge >= 0.3 is 0 Å². The molecule has 0 heterocycles. The lowest BCUT2D eigenvalue weighted by Gasteiger charge is -2.13. The third-order valence-corrected chi connectivity index (χ3v) is 4.00. The second-order valence-electron chi connectivity index (χ2n) is 5.31. The van der Waals surface area contributed by atoms with Gasteiger partial charge in [0.2, 0.25) is 0 Å². The van der Waals surface area contributed by atoms with Crippen LogP contribution >= 0.6 is 0 Å². The molecule has 1 fully saturated rings. The van der Waals surface area contributed by atoms with Crippen molar-refractivity contribution in [2.45, 2.75) is 59.3 Å². The summed E-state index contributed by atoms with van der Waals surface area (Å²) in [5.74, 6) is 2.78. The molecule has 3 atom stereocenters. The average Bonchev–Trinajstić information content (AvgIpc) is 2.62. The Hall–Kier alpha value is -0.260. The van der Waals surface area contributed by atoms with E-state index in [1.165, 1.54) is 44.1 Å². The summed E-state index contributed by atoms with van der Waals surface area (Å²) < 4.78 is 0. The molecular weight excluding hydrogens is 168 g/mol. The zero-order chi connectivity index (χ0) is 10.6. The van der Waals surface area contributed by atoms with E-state index in [0.29, 0.717) is 0 Å². The first-order chi connectivity index (χ1) is 6.63. The molecule has 0 nitrogen and oxygen atoms in total. The molecule has 1 aliphatic rings. The van der Waals surface area contributed by atoms with E-state index in [9.17, 15) is 0 Å². The van der Waals surface area contributed by atoms with Crippen LogP contribution in [0, 0.1) is 17.8 Å². The minimum absolute atomic E-state index is 0.844. The van der Waals surface area contributed by atoms with Gasteiger partial charge in [-0.2, -0.15) is 0 Å². The largest absolute Gasteiger partial charge is 0.0999 e. The van der Waals surface area contributed by atoms with Gasteiger partial charge in [0, 0.05) is 0 Å². The fourth-order valence-electron chi connectivity index (χ4n) is 2.51. The zero-order valence-electron chi connectivity index (χ0n) is 10.2. The molecule has 0 bridgehead atoms. The van der Waals surface area contributed by atoms with E-state index in [0.717, 1.165) is 17.8 Å². The number of hydrogen-bond donors (Lipinski definition) is 0. The van der Waals surface area contributed by atoms with Gasteiger partial charge in [-0.25, -0.2) is 0 Å². The van der Waals surface area contributed by atoms with Crippen molar-refractivity contribution in [3.8, 4) is 0 Å². The number of hydrogen-bond acceptors (Lipinski definition) is 0. The predicted octanol–water partition coefficient (Wildman–Crippen LogP) is 4.81. The molecule has 0 saturated heterocycles. The summed E-state index contributed by atoms with van der Waals surface area (Å²) in [6, 6.07) is 0. The molecule has 0 N–H and O–H groups in total. The summed E-state index contributed by atoms with van der Waals surface area (Å²) in [6.45, 7) is 11.0. The number of allylic oxidation sites excluding steroid dienone is 1. The molecule has 0 radical (unpaired) electrons. The van der Waals surface area contributed by atoms with Crippen molar-refractivity contribution in [2.75, 3.05) is 0 Å². The Morgan fingerprint density at radius 2 is 2.14 bits per heavy atom. The molecule has 14 heavy (non-hydrogen) atoms. The van der Waals surface area contributed by atoms with Crippen LogP contribution < -0.4 is 0 Å². The zero-order valence-corrected chi connectivity index (χ0v) is 10.2. The monoisotopic (exact) mass is 194 g/mol. The van der Waals surface area contributed by atoms with Gasteiger partial charge in [-0.05, 0) is 43.9 Å². The highest BCUT2D eigenvalue weighted by Crippen LogP contribution is 2.37. The second-order valence-corrected chi connectivity index (χ2v) is 5.31. The van der Waals surface area contributed by atoms with Crippen molar-refractivity contribution in [1.29, 1.82) is 0 Å². The van der Waals surface area contributed by atoms with Gasteiger partial charge in [0.15, 0.2) is 0 Å². The Balaban J connectivity index is 2.19. The van der Waals surface area contributed by atoms with Crippen molar-refractivity contribution < 1.29 is 0 Å². The smallest absolute Gasteiger partial charge is 0.0206 e. The lowest BCUT2D eigenvalue weighted by molar-refractivity contribution is 0.402. The molecule has 0 amide bonds. The maximum absolute atomic E-state index is 4.08. The van der Waals surface area contributed by atoms with Crippen molar-refractivity contribution in [1.82, 2.24) is 0 Å². The summed E-state index contributed by atoms with van der Waals surface area (Å²) in [5.41, 5.74) is 1.41. The minimum Gasteiger partial charge on any atom is -0.0999 e. The first-order valence-corrected chi connectivity index (χ1v) is 6.28. The maximum atomic E-state index is 4.08. The first kappa shape index (κ1) is 11.8. The van der Waals surface area contributed by atoms with Crippen molar-refractivity contribution in [3.63, 3.8) is 0 Å². The summed E-state index contributed by atoms with van der Waals surface area (Å²) in [6.07, 6.45) is 8.51. The third-order valence-electron chi connectivity index (χ3n) is 4.00. The lowest BCUT2D eigenvalue weighted by Crippen LogP contribution is -2.00. The van der Waals surface area contributed by atoms with Crippen LogP contribution in [0.4, 0.5) is 0 Å². The van der Waals surface area contributed by atoms with Crippen LogP contribution in [0.5, 0.6) is 0 Å². The van der Waals surface area contributed by atoms with E-state index in [1.807, 2.05) is 0 Å². The van der Waals surface area contributed by atoms with E-state index < -0.39 is 0 Å². The molecule has 0 aromatic heterocycles. The molecule has 0 aromatic carbocycles. The van der Waals surface area contributed by atoms with Gasteiger partial charge in [0.25, 0.3) is 0 Å². The van der Waals surface area contributed by atoms with Crippen LogP contribution in [0.1, 0.15) is 59.3 Å². The van der Waals surface area contributed by atoms with Gasteiger partial charge in [-0.15, -0.1) is 0 Å². The lowest BCUT2D eigenvalue weighted by atomic mass is 9.92. The van der Waals surface area contributed by atoms with Gasteiger partial charge in [-0.1, -0.05) is 45.3 Å². The molecule has 1 rings (SSSR count). The van der Waals surface area contributed by atoms with E-state index >= 15 is 0 Å². The van der Waals surface area contributed by atoms with Crippen LogP contribution in [0.2, 0.25) is 0 Å². The number of rotatable bonds is 5. The standard InChI is InChI=1S/C14H26/c1-5-12(4)6-7-13-8-9-14(10-13)11(2)3/h12-14H,2,5-10H2,1,3-4H3. The third kappa shape index (κ3) is 3.48. The molecule has 0 aromatic rings. The molecule has 1 saturated carbocycles.